The van der Waals surface area contributed by atoms with Crippen molar-refractivity contribution in [2.45, 2.75) is 20.0 Å². The molecule has 0 spiro atoms. The van der Waals surface area contributed by atoms with Gasteiger partial charge in [-0.25, -0.2) is 0 Å². The van der Waals surface area contributed by atoms with Gasteiger partial charge in [-0.1, -0.05) is 37.9 Å². The van der Waals surface area contributed by atoms with Gasteiger partial charge in [-0.15, -0.1) is 0 Å². The molecule has 0 saturated carbocycles. The van der Waals surface area contributed by atoms with E-state index >= 15 is 0 Å². The third kappa shape index (κ3) is 59.5. The summed E-state index contributed by atoms with van der Waals surface area (Å²) in [5.41, 5.74) is 0. The van der Waals surface area contributed by atoms with Gasteiger partial charge < -0.3 is 0 Å². The minimum atomic E-state index is 0. The van der Waals surface area contributed by atoms with Gasteiger partial charge in [-0.05, 0) is 6.92 Å². The molecule has 0 rings (SSSR count). The topological polar surface area (TPSA) is 0 Å². The van der Waals surface area contributed by atoms with Crippen LogP contribution >= 0.6 is 0 Å². The summed E-state index contributed by atoms with van der Waals surface area (Å²) in [5, 5.41) is 0. The first-order chi connectivity index (χ1) is 3.83. The fourth-order valence-corrected chi connectivity index (χ4v) is 0.136. The van der Waals surface area contributed by atoms with Crippen molar-refractivity contribution in [3.05, 3.63) is 24.8 Å². The molecule has 0 aromatic carbocycles. The van der Waals surface area contributed by atoms with E-state index in [2.05, 4.69) is 19.7 Å². The molecule has 0 radical (unpaired) electrons. The second-order valence-electron chi connectivity index (χ2n) is 1.47. The van der Waals surface area contributed by atoms with Gasteiger partial charge in [0, 0.05) is 9.52 Å². The molecule has 0 atom stereocenters. The van der Waals surface area contributed by atoms with Crippen molar-refractivity contribution in [1.29, 1.82) is 0 Å². The normalized spacial score (nSPS) is 7.00. The molecule has 0 N–H and O–H groups in total. The standard InChI is InChI=1S/C5H8.C2H8Si.Ti/c1-3-5-4-2;1-3-2;/h3-5H,1H2,2H3;3H2,1-2H3;/q;;+2. The van der Waals surface area contributed by atoms with Crippen LogP contribution in [0.3, 0.4) is 0 Å². The molecule has 0 aliphatic carbocycles. The van der Waals surface area contributed by atoms with Crippen LogP contribution in [-0.4, -0.2) is 9.52 Å². The van der Waals surface area contributed by atoms with Gasteiger partial charge in [0.1, 0.15) is 0 Å². The molecule has 0 fully saturated rings. The van der Waals surface area contributed by atoms with Gasteiger partial charge in [0.2, 0.25) is 0 Å². The summed E-state index contributed by atoms with van der Waals surface area (Å²) in [5.74, 6) is 0. The van der Waals surface area contributed by atoms with Crippen LogP contribution in [0, 0.1) is 0 Å². The van der Waals surface area contributed by atoms with Crippen LogP contribution in [0.1, 0.15) is 6.92 Å². The van der Waals surface area contributed by atoms with Gasteiger partial charge in [0.05, 0.1) is 0 Å². The zero-order valence-electron chi connectivity index (χ0n) is 6.65. The molecule has 0 heterocycles. The van der Waals surface area contributed by atoms with Crippen LogP contribution in [0.5, 0.6) is 0 Å². The minimum absolute atomic E-state index is 0. The Hall–Kier alpha value is 0.411. The van der Waals surface area contributed by atoms with Gasteiger partial charge in [-0.3, -0.25) is 0 Å². The molecule has 0 amide bonds. The molecular formula is C7H16SiTi+2. The van der Waals surface area contributed by atoms with Crippen molar-refractivity contribution in [3.63, 3.8) is 0 Å². The molecule has 0 bridgehead atoms. The molecule has 0 unspecified atom stereocenters. The Balaban J connectivity index is -0.0000000800. The summed E-state index contributed by atoms with van der Waals surface area (Å²) >= 11 is 0. The van der Waals surface area contributed by atoms with E-state index in [9.17, 15) is 0 Å². The summed E-state index contributed by atoms with van der Waals surface area (Å²) in [6.45, 7) is 9.95. The number of rotatable bonds is 1. The monoisotopic (exact) mass is 176 g/mol. The van der Waals surface area contributed by atoms with E-state index in [1.54, 1.807) is 6.08 Å². The molecule has 0 saturated heterocycles. The van der Waals surface area contributed by atoms with Crippen LogP contribution in [0.2, 0.25) is 13.1 Å². The van der Waals surface area contributed by atoms with E-state index in [-0.39, 0.29) is 21.7 Å². The van der Waals surface area contributed by atoms with Gasteiger partial charge >= 0.3 is 21.7 Å². The molecule has 0 nitrogen and oxygen atoms in total. The molecule has 2 heteroatoms. The van der Waals surface area contributed by atoms with E-state index in [1.807, 2.05) is 19.1 Å². The van der Waals surface area contributed by atoms with Crippen molar-refractivity contribution in [2.24, 2.45) is 0 Å². The average Bonchev–Trinajstić information content (AvgIpc) is 1.71. The quantitative estimate of drug-likeness (QED) is 0.423. The van der Waals surface area contributed by atoms with E-state index in [4.69, 9.17) is 0 Å². The van der Waals surface area contributed by atoms with E-state index in [1.165, 1.54) is 0 Å². The summed E-state index contributed by atoms with van der Waals surface area (Å²) in [6.07, 6.45) is 5.58. The first-order valence-corrected chi connectivity index (χ1v) is 5.89. The van der Waals surface area contributed by atoms with Crippen molar-refractivity contribution >= 4 is 9.52 Å². The zero-order valence-corrected chi connectivity index (χ0v) is 9.62. The molecule has 0 aromatic rings. The van der Waals surface area contributed by atoms with Crippen LogP contribution < -0.4 is 0 Å². The van der Waals surface area contributed by atoms with Crippen LogP contribution in [0.25, 0.3) is 0 Å². The SMILES string of the molecule is C=CC=CC.C[SiH2]C.[Ti+2]. The molecule has 0 aliphatic rings. The Morgan fingerprint density at radius 2 is 1.67 bits per heavy atom. The Labute approximate surface area is 76.1 Å². The summed E-state index contributed by atoms with van der Waals surface area (Å²) in [7, 11) is 0.417. The van der Waals surface area contributed by atoms with E-state index in [0.717, 1.165) is 0 Å². The average molecular weight is 176 g/mol. The van der Waals surface area contributed by atoms with Crippen LogP contribution in [-0.2, 0) is 21.7 Å². The largest absolute Gasteiger partial charge is 2.00 e. The smallest absolute Gasteiger partial charge is 0.0991 e. The maximum Gasteiger partial charge on any atom is 2.00 e. The van der Waals surface area contributed by atoms with Gasteiger partial charge in [0.15, 0.2) is 0 Å². The van der Waals surface area contributed by atoms with Crippen molar-refractivity contribution in [1.82, 2.24) is 0 Å². The van der Waals surface area contributed by atoms with Gasteiger partial charge in [0.25, 0.3) is 0 Å². The molecule has 0 aliphatic heterocycles. The Bertz CT molecular complexity index is 59.9. The number of allylic oxidation sites excluding steroid dienone is 3. The third-order valence-electron chi connectivity index (χ3n) is 0.329. The molecular weight excluding hydrogens is 160 g/mol. The second-order valence-corrected chi connectivity index (χ2v) is 2.88. The maximum absolute atomic E-state index is 3.46. The summed E-state index contributed by atoms with van der Waals surface area (Å²) in [4.78, 5) is 0. The van der Waals surface area contributed by atoms with E-state index < -0.39 is 0 Å². The third-order valence-corrected chi connectivity index (χ3v) is 0.329. The van der Waals surface area contributed by atoms with Crippen molar-refractivity contribution < 1.29 is 21.7 Å². The maximum atomic E-state index is 3.46. The Kier molecular flexibility index (Phi) is 42.7. The predicted octanol–water partition coefficient (Wildman–Crippen LogP) is 2.00. The zero-order chi connectivity index (χ0) is 6.83. The number of hydrogen-bond donors (Lipinski definition) is 0. The fourth-order valence-electron chi connectivity index (χ4n) is 0.136. The van der Waals surface area contributed by atoms with Gasteiger partial charge in [-0.2, -0.15) is 0 Å². The second kappa shape index (κ2) is 23.7. The Morgan fingerprint density at radius 3 is 1.67 bits per heavy atom. The van der Waals surface area contributed by atoms with Crippen LogP contribution in [0.4, 0.5) is 0 Å². The van der Waals surface area contributed by atoms with Crippen molar-refractivity contribution in [2.75, 3.05) is 0 Å². The molecule has 0 aromatic heterocycles. The number of hydrogen-bond acceptors (Lipinski definition) is 0. The van der Waals surface area contributed by atoms with E-state index in [0.29, 0.717) is 9.52 Å². The first kappa shape index (κ1) is 16.2. The summed E-state index contributed by atoms with van der Waals surface area (Å²) < 4.78 is 0. The van der Waals surface area contributed by atoms with Crippen LogP contribution in [0.15, 0.2) is 24.8 Å². The fraction of sp³-hybridized carbons (Fsp3) is 0.429. The predicted molar refractivity (Wildman–Crippen MR) is 45.3 cm³/mol. The van der Waals surface area contributed by atoms with Crippen molar-refractivity contribution in [3.8, 4) is 0 Å². The summed E-state index contributed by atoms with van der Waals surface area (Å²) in [6, 6.07) is 0. The molecule has 9 heavy (non-hydrogen) atoms. The Morgan fingerprint density at radius 1 is 1.33 bits per heavy atom. The minimum Gasteiger partial charge on any atom is -0.0991 e. The first-order valence-electron chi connectivity index (χ1n) is 3.07. The molecule has 50 valence electrons.